The van der Waals surface area contributed by atoms with E-state index in [2.05, 4.69) is 5.32 Å². The van der Waals surface area contributed by atoms with Gasteiger partial charge >= 0.3 is 0 Å². The number of benzene rings is 2. The molecule has 1 amide bonds. The highest BCUT2D eigenvalue weighted by atomic mass is 35.5. The predicted octanol–water partition coefficient (Wildman–Crippen LogP) is 2.61. The molecular weight excluding hydrogens is 376 g/mol. The first-order valence-corrected chi connectivity index (χ1v) is 10.2. The molecule has 2 aromatic rings. The van der Waals surface area contributed by atoms with Crippen LogP contribution in [0.2, 0.25) is 5.02 Å². The number of nitrogens with one attached hydrogen (secondary N) is 1. The average Bonchev–Trinajstić information content (AvgIpc) is 2.58. The summed E-state index contributed by atoms with van der Waals surface area (Å²) in [5, 5.41) is 3.14. The van der Waals surface area contributed by atoms with Gasteiger partial charge in [0.05, 0.1) is 18.5 Å². The molecular formula is C18H21ClN2O4S. The summed E-state index contributed by atoms with van der Waals surface area (Å²) in [5.41, 5.74) is 1.51. The van der Waals surface area contributed by atoms with Crippen LogP contribution in [0.3, 0.4) is 0 Å². The average molecular weight is 397 g/mol. The first-order valence-electron chi connectivity index (χ1n) is 7.95. The van der Waals surface area contributed by atoms with Gasteiger partial charge in [-0.2, -0.15) is 0 Å². The number of anilines is 1. The molecule has 0 atom stereocenters. The van der Waals surface area contributed by atoms with Crippen LogP contribution in [-0.4, -0.2) is 40.3 Å². The number of amides is 1. The molecule has 0 unspecified atom stereocenters. The van der Waals surface area contributed by atoms with Gasteiger partial charge in [-0.1, -0.05) is 29.3 Å². The quantitative estimate of drug-likeness (QED) is 0.696. The van der Waals surface area contributed by atoms with Crippen LogP contribution in [0.1, 0.15) is 5.56 Å². The molecule has 0 radical (unpaired) electrons. The maximum Gasteiger partial charge on any atom is 0.240 e. The Morgan fingerprint density at radius 2 is 1.73 bits per heavy atom. The molecule has 0 saturated carbocycles. The Labute approximate surface area is 158 Å². The first kappa shape index (κ1) is 20.1. The van der Waals surface area contributed by atoms with Crippen molar-refractivity contribution in [3.8, 4) is 5.75 Å². The van der Waals surface area contributed by atoms with Crippen molar-refractivity contribution >= 4 is 33.2 Å². The Kier molecular flexibility index (Phi) is 6.88. The molecule has 0 aromatic heterocycles. The van der Waals surface area contributed by atoms with Crippen LogP contribution in [0.5, 0.6) is 5.75 Å². The zero-order chi connectivity index (χ0) is 19.2. The number of halogens is 1. The van der Waals surface area contributed by atoms with Crippen LogP contribution in [0.4, 0.5) is 5.69 Å². The Bertz CT molecular complexity index is 836. The third kappa shape index (κ3) is 6.24. The molecule has 140 valence electrons. The second kappa shape index (κ2) is 8.91. The Morgan fingerprint density at radius 1 is 1.12 bits per heavy atom. The summed E-state index contributed by atoms with van der Waals surface area (Å²) < 4.78 is 30.5. The summed E-state index contributed by atoms with van der Waals surface area (Å²) in [6.45, 7) is 2.22. The molecule has 0 saturated heterocycles. The van der Waals surface area contributed by atoms with Gasteiger partial charge in [0.15, 0.2) is 0 Å². The maximum absolute atomic E-state index is 12.1. The molecule has 0 spiro atoms. The predicted molar refractivity (Wildman–Crippen MR) is 103 cm³/mol. The molecule has 0 aliphatic carbocycles. The van der Waals surface area contributed by atoms with Gasteiger partial charge in [-0.05, 0) is 43.3 Å². The van der Waals surface area contributed by atoms with Crippen molar-refractivity contribution in [2.24, 2.45) is 0 Å². The fourth-order valence-corrected chi connectivity index (χ4v) is 3.17. The monoisotopic (exact) mass is 396 g/mol. The normalized spacial score (nSPS) is 11.0. The van der Waals surface area contributed by atoms with Crippen molar-refractivity contribution in [3.63, 3.8) is 0 Å². The molecule has 26 heavy (non-hydrogen) atoms. The van der Waals surface area contributed by atoms with Gasteiger partial charge < -0.3 is 10.1 Å². The van der Waals surface area contributed by atoms with E-state index in [9.17, 15) is 13.2 Å². The van der Waals surface area contributed by atoms with E-state index in [1.165, 1.54) is 0 Å². The van der Waals surface area contributed by atoms with Crippen LogP contribution in [0.15, 0.2) is 48.5 Å². The van der Waals surface area contributed by atoms with E-state index < -0.39 is 15.9 Å². The Hall–Kier alpha value is -2.25. The van der Waals surface area contributed by atoms with E-state index in [1.54, 1.807) is 24.3 Å². The van der Waals surface area contributed by atoms with Crippen LogP contribution >= 0.6 is 11.6 Å². The topological polar surface area (TPSA) is 75.7 Å². The van der Waals surface area contributed by atoms with Gasteiger partial charge in [0, 0.05) is 5.02 Å². The van der Waals surface area contributed by atoms with Gasteiger partial charge in [-0.15, -0.1) is 0 Å². The van der Waals surface area contributed by atoms with Crippen molar-refractivity contribution in [1.82, 2.24) is 5.32 Å². The third-order valence-electron chi connectivity index (χ3n) is 3.52. The second-order valence-electron chi connectivity index (χ2n) is 5.76. The minimum atomic E-state index is -3.61. The minimum absolute atomic E-state index is 0.269. The van der Waals surface area contributed by atoms with E-state index in [4.69, 9.17) is 16.3 Å². The van der Waals surface area contributed by atoms with Gasteiger partial charge in [-0.3, -0.25) is 9.10 Å². The lowest BCUT2D eigenvalue weighted by Gasteiger charge is -2.22. The Balaban J connectivity index is 1.87. The van der Waals surface area contributed by atoms with Crippen molar-refractivity contribution in [2.75, 3.05) is 30.3 Å². The molecule has 0 heterocycles. The maximum atomic E-state index is 12.1. The number of carbonyl (C=O) groups is 1. The zero-order valence-corrected chi connectivity index (χ0v) is 16.2. The summed E-state index contributed by atoms with van der Waals surface area (Å²) in [6, 6.07) is 13.8. The molecule has 8 heteroatoms. The SMILES string of the molecule is Cc1ccc(OCCNC(=O)CN(c2ccc(Cl)cc2)S(C)(=O)=O)cc1. The lowest BCUT2D eigenvalue weighted by atomic mass is 10.2. The summed E-state index contributed by atoms with van der Waals surface area (Å²) in [4.78, 5) is 12.1. The number of rotatable bonds is 8. The van der Waals surface area contributed by atoms with Crippen molar-refractivity contribution in [3.05, 3.63) is 59.1 Å². The van der Waals surface area contributed by atoms with E-state index in [1.807, 2.05) is 31.2 Å². The van der Waals surface area contributed by atoms with Crippen LogP contribution in [-0.2, 0) is 14.8 Å². The van der Waals surface area contributed by atoms with E-state index in [-0.39, 0.29) is 19.7 Å². The zero-order valence-electron chi connectivity index (χ0n) is 14.6. The van der Waals surface area contributed by atoms with Crippen molar-refractivity contribution in [2.45, 2.75) is 6.92 Å². The molecule has 0 bridgehead atoms. The fraction of sp³-hybridized carbons (Fsp3) is 0.278. The summed E-state index contributed by atoms with van der Waals surface area (Å²) in [6.07, 6.45) is 1.05. The highest BCUT2D eigenvalue weighted by Crippen LogP contribution is 2.20. The highest BCUT2D eigenvalue weighted by molar-refractivity contribution is 7.92. The fourth-order valence-electron chi connectivity index (χ4n) is 2.19. The second-order valence-corrected chi connectivity index (χ2v) is 8.10. The Morgan fingerprint density at radius 3 is 2.31 bits per heavy atom. The van der Waals surface area contributed by atoms with Gasteiger partial charge in [0.2, 0.25) is 15.9 Å². The summed E-state index contributed by atoms with van der Waals surface area (Å²) >= 11 is 5.82. The molecule has 0 aliphatic rings. The van der Waals surface area contributed by atoms with E-state index >= 15 is 0 Å². The number of hydrogen-bond donors (Lipinski definition) is 1. The lowest BCUT2D eigenvalue weighted by Crippen LogP contribution is -2.41. The summed E-state index contributed by atoms with van der Waals surface area (Å²) in [5.74, 6) is 0.293. The van der Waals surface area contributed by atoms with Crippen molar-refractivity contribution in [1.29, 1.82) is 0 Å². The van der Waals surface area contributed by atoms with Crippen LogP contribution < -0.4 is 14.4 Å². The molecule has 0 fully saturated rings. The number of carbonyl (C=O) groups excluding carboxylic acids is 1. The van der Waals surface area contributed by atoms with E-state index in [0.29, 0.717) is 16.5 Å². The first-order chi connectivity index (χ1) is 12.3. The smallest absolute Gasteiger partial charge is 0.240 e. The highest BCUT2D eigenvalue weighted by Gasteiger charge is 2.20. The van der Waals surface area contributed by atoms with Gasteiger partial charge in [-0.25, -0.2) is 8.42 Å². The number of nitrogens with zero attached hydrogens (tertiary/aromatic N) is 1. The number of ether oxygens (including phenoxy) is 1. The number of aryl methyl sites for hydroxylation is 1. The molecule has 2 aromatic carbocycles. The molecule has 0 aliphatic heterocycles. The number of sulfonamides is 1. The van der Waals surface area contributed by atoms with Gasteiger partial charge in [0.1, 0.15) is 18.9 Å². The third-order valence-corrected chi connectivity index (χ3v) is 4.91. The standard InChI is InChI=1S/C18H21ClN2O4S/c1-14-3-9-17(10-4-14)25-12-11-20-18(22)13-21(26(2,23)24)16-7-5-15(19)6-8-16/h3-10H,11-13H2,1-2H3,(H,20,22). The van der Waals surface area contributed by atoms with E-state index in [0.717, 1.165) is 16.1 Å². The van der Waals surface area contributed by atoms with Gasteiger partial charge in [0.25, 0.3) is 0 Å². The lowest BCUT2D eigenvalue weighted by molar-refractivity contribution is -0.119. The van der Waals surface area contributed by atoms with Crippen molar-refractivity contribution < 1.29 is 17.9 Å². The molecule has 6 nitrogen and oxygen atoms in total. The molecule has 2 rings (SSSR count). The largest absolute Gasteiger partial charge is 0.492 e. The minimum Gasteiger partial charge on any atom is -0.492 e. The number of hydrogen-bond acceptors (Lipinski definition) is 4. The molecule has 1 N–H and O–H groups in total. The summed E-state index contributed by atoms with van der Waals surface area (Å²) in [7, 11) is -3.61. The van der Waals surface area contributed by atoms with Crippen LogP contribution in [0.25, 0.3) is 0 Å². The van der Waals surface area contributed by atoms with Crippen LogP contribution in [0, 0.1) is 6.92 Å².